The predicted octanol–water partition coefficient (Wildman–Crippen LogP) is 6.00. The van der Waals surface area contributed by atoms with Crippen molar-refractivity contribution in [1.29, 1.82) is 0 Å². The average Bonchev–Trinajstić information content (AvgIpc) is 3.05. The topological polar surface area (TPSA) is 68.8 Å². The van der Waals surface area contributed by atoms with Crippen LogP contribution in [0.25, 0.3) is 0 Å². The molecule has 0 fully saturated rings. The molecule has 6 heteroatoms. The van der Waals surface area contributed by atoms with Crippen molar-refractivity contribution in [2.75, 3.05) is 32.0 Å². The van der Waals surface area contributed by atoms with E-state index in [0.29, 0.717) is 23.7 Å². The van der Waals surface area contributed by atoms with Gasteiger partial charge in [0.05, 0.1) is 38.7 Å². The Morgan fingerprint density at radius 2 is 1.46 bits per heavy atom. The summed E-state index contributed by atoms with van der Waals surface area (Å²) in [4.78, 5) is 13.8. The van der Waals surface area contributed by atoms with Crippen molar-refractivity contribution in [2.45, 2.75) is 31.7 Å². The highest BCUT2D eigenvalue weighted by Crippen LogP contribution is 2.47. The van der Waals surface area contributed by atoms with Gasteiger partial charge in [-0.1, -0.05) is 42.0 Å². The molecular weight excluding hydrogens is 440 g/mol. The van der Waals surface area contributed by atoms with E-state index in [1.165, 1.54) is 11.1 Å². The van der Waals surface area contributed by atoms with Crippen molar-refractivity contribution in [1.82, 2.24) is 0 Å². The van der Waals surface area contributed by atoms with Crippen LogP contribution in [0.4, 0.5) is 11.4 Å². The molecule has 0 spiro atoms. The third-order valence-electron chi connectivity index (χ3n) is 6.88. The molecule has 0 saturated heterocycles. The largest absolute Gasteiger partial charge is 0.493 e. The van der Waals surface area contributed by atoms with Crippen LogP contribution in [0.5, 0.6) is 17.2 Å². The van der Waals surface area contributed by atoms with E-state index in [1.807, 2.05) is 36.4 Å². The summed E-state index contributed by atoms with van der Waals surface area (Å²) in [5, 5.41) is 7.21. The molecule has 1 heterocycles. The molecule has 2 N–H and O–H groups in total. The molecule has 35 heavy (non-hydrogen) atoms. The zero-order valence-electron chi connectivity index (χ0n) is 20.5. The summed E-state index contributed by atoms with van der Waals surface area (Å²) in [6, 6.07) is 20.0. The number of para-hydroxylation sites is 2. The van der Waals surface area contributed by atoms with Gasteiger partial charge in [-0.05, 0) is 54.7 Å². The van der Waals surface area contributed by atoms with Gasteiger partial charge >= 0.3 is 0 Å². The van der Waals surface area contributed by atoms with Crippen LogP contribution in [-0.4, -0.2) is 27.1 Å². The number of carbonyl (C=O) groups excluding carboxylic acids is 1. The molecular formula is C29H30N2O4. The molecule has 180 valence electrons. The molecule has 3 aromatic carbocycles. The first-order chi connectivity index (χ1) is 17.0. The van der Waals surface area contributed by atoms with Crippen LogP contribution in [0.1, 0.15) is 41.5 Å². The van der Waals surface area contributed by atoms with Gasteiger partial charge in [0, 0.05) is 17.7 Å². The van der Waals surface area contributed by atoms with Crippen LogP contribution < -0.4 is 24.8 Å². The highest BCUT2D eigenvalue weighted by molar-refractivity contribution is 6.01. The minimum Gasteiger partial charge on any atom is -0.493 e. The monoisotopic (exact) mass is 470 g/mol. The number of nitrogens with one attached hydrogen (secondary N) is 2. The lowest BCUT2D eigenvalue weighted by molar-refractivity contribution is -0.116. The Balaban J connectivity index is 1.64. The Morgan fingerprint density at radius 3 is 2.09 bits per heavy atom. The fourth-order valence-electron chi connectivity index (χ4n) is 5.08. The van der Waals surface area contributed by atoms with Gasteiger partial charge in [0.15, 0.2) is 17.3 Å². The molecule has 6 nitrogen and oxygen atoms in total. The van der Waals surface area contributed by atoms with Crippen molar-refractivity contribution >= 4 is 17.2 Å². The highest BCUT2D eigenvalue weighted by Gasteiger charge is 2.36. The summed E-state index contributed by atoms with van der Waals surface area (Å²) < 4.78 is 16.7. The van der Waals surface area contributed by atoms with Crippen LogP contribution in [0.3, 0.4) is 0 Å². The molecule has 0 radical (unpaired) electrons. The fraction of sp³-hybridized carbons (Fsp3) is 0.276. The fourth-order valence-corrected chi connectivity index (χ4v) is 5.08. The molecule has 0 unspecified atom stereocenters. The van der Waals surface area contributed by atoms with E-state index in [1.54, 1.807) is 21.3 Å². The van der Waals surface area contributed by atoms with Crippen molar-refractivity contribution in [3.63, 3.8) is 0 Å². The number of fused-ring (bicyclic) bond motifs is 1. The first-order valence-corrected chi connectivity index (χ1v) is 11.8. The zero-order valence-corrected chi connectivity index (χ0v) is 20.5. The van der Waals surface area contributed by atoms with Crippen molar-refractivity contribution < 1.29 is 19.0 Å². The number of ether oxygens (including phenoxy) is 3. The summed E-state index contributed by atoms with van der Waals surface area (Å²) in [5.74, 6) is 1.88. The van der Waals surface area contributed by atoms with Crippen LogP contribution in [0.15, 0.2) is 71.9 Å². The van der Waals surface area contributed by atoms with E-state index < -0.39 is 0 Å². The summed E-state index contributed by atoms with van der Waals surface area (Å²) in [6.45, 7) is 2.08. The van der Waals surface area contributed by atoms with Crippen LogP contribution >= 0.6 is 0 Å². The van der Waals surface area contributed by atoms with Gasteiger partial charge < -0.3 is 24.8 Å². The molecule has 1 aliphatic heterocycles. The highest BCUT2D eigenvalue weighted by atomic mass is 16.5. The minimum atomic E-state index is -0.374. The number of hydrogen-bond donors (Lipinski definition) is 2. The number of Topliss-reactive ketones (excluding diaryl/α,β-unsaturated/α-hetero) is 1. The number of rotatable bonds is 5. The molecule has 0 amide bonds. The van der Waals surface area contributed by atoms with E-state index in [0.717, 1.165) is 34.6 Å². The first-order valence-electron chi connectivity index (χ1n) is 11.8. The second-order valence-electron chi connectivity index (χ2n) is 9.04. The maximum Gasteiger partial charge on any atom is 0.203 e. The van der Waals surface area contributed by atoms with E-state index in [4.69, 9.17) is 14.2 Å². The van der Waals surface area contributed by atoms with Gasteiger partial charge in [-0.3, -0.25) is 4.79 Å². The lowest BCUT2D eigenvalue weighted by Gasteiger charge is -2.30. The standard InChI is InChI=1S/C29H30N2O4/c1-17-9-11-18(12-10-17)19-13-23-27(24(32)14-19)28(31-22-8-6-5-7-21(22)30-23)20-15-25(33-2)29(35-4)26(16-20)34-3/h5-12,15-16,19,28,30-31H,13-14H2,1-4H3/t19-,28-/m0/s1. The summed E-state index contributed by atoms with van der Waals surface area (Å²) >= 11 is 0. The van der Waals surface area contributed by atoms with Gasteiger partial charge in [-0.15, -0.1) is 0 Å². The number of methoxy groups -OCH3 is 3. The van der Waals surface area contributed by atoms with Crippen molar-refractivity contribution in [2.24, 2.45) is 0 Å². The Hall–Kier alpha value is -3.93. The molecule has 0 bridgehead atoms. The van der Waals surface area contributed by atoms with E-state index in [-0.39, 0.29) is 17.7 Å². The number of carbonyl (C=O) groups is 1. The van der Waals surface area contributed by atoms with Crippen LogP contribution in [0, 0.1) is 6.92 Å². The van der Waals surface area contributed by atoms with Gasteiger partial charge in [-0.2, -0.15) is 0 Å². The number of benzene rings is 3. The minimum absolute atomic E-state index is 0.125. The number of allylic oxidation sites excluding steroid dienone is 1. The summed E-state index contributed by atoms with van der Waals surface area (Å²) in [6.07, 6.45) is 1.21. The smallest absolute Gasteiger partial charge is 0.203 e. The first kappa shape index (κ1) is 22.8. The number of aryl methyl sites for hydroxylation is 1. The molecule has 0 aromatic heterocycles. The van der Waals surface area contributed by atoms with Crippen molar-refractivity contribution in [3.05, 3.63) is 88.6 Å². The van der Waals surface area contributed by atoms with Gasteiger partial charge in [-0.25, -0.2) is 0 Å². The van der Waals surface area contributed by atoms with Crippen LogP contribution in [-0.2, 0) is 4.79 Å². The van der Waals surface area contributed by atoms with E-state index in [9.17, 15) is 4.79 Å². The third-order valence-corrected chi connectivity index (χ3v) is 6.88. The molecule has 2 atom stereocenters. The Kier molecular flexibility index (Phi) is 6.12. The lowest BCUT2D eigenvalue weighted by atomic mass is 9.78. The summed E-state index contributed by atoms with van der Waals surface area (Å²) in [7, 11) is 4.78. The van der Waals surface area contributed by atoms with E-state index in [2.05, 4.69) is 41.8 Å². The Bertz CT molecular complexity index is 1270. The molecule has 3 aromatic rings. The SMILES string of the molecule is COc1cc([C@@H]2Nc3ccccc3NC3=C2C(=O)C[C@@H](c2ccc(C)cc2)C3)cc(OC)c1OC. The van der Waals surface area contributed by atoms with Crippen molar-refractivity contribution in [3.8, 4) is 17.2 Å². The molecule has 1 aliphatic carbocycles. The lowest BCUT2D eigenvalue weighted by Crippen LogP contribution is -2.27. The van der Waals surface area contributed by atoms with Crippen LogP contribution in [0.2, 0.25) is 0 Å². The summed E-state index contributed by atoms with van der Waals surface area (Å²) in [5.41, 5.74) is 6.85. The number of anilines is 2. The Morgan fingerprint density at radius 1 is 0.800 bits per heavy atom. The molecule has 2 aliphatic rings. The Labute approximate surface area is 205 Å². The normalized spacial score (nSPS) is 19.0. The second-order valence-corrected chi connectivity index (χ2v) is 9.04. The quantitative estimate of drug-likeness (QED) is 0.477. The van der Waals surface area contributed by atoms with Gasteiger partial charge in [0.25, 0.3) is 0 Å². The average molecular weight is 471 g/mol. The predicted molar refractivity (Wildman–Crippen MR) is 138 cm³/mol. The maximum absolute atomic E-state index is 13.8. The zero-order chi connectivity index (χ0) is 24.5. The molecule has 0 saturated carbocycles. The van der Waals surface area contributed by atoms with Gasteiger partial charge in [0.1, 0.15) is 0 Å². The second kappa shape index (κ2) is 9.37. The number of ketones is 1. The van der Waals surface area contributed by atoms with E-state index >= 15 is 0 Å². The maximum atomic E-state index is 13.8. The molecule has 5 rings (SSSR count). The number of hydrogen-bond acceptors (Lipinski definition) is 6. The van der Waals surface area contributed by atoms with Gasteiger partial charge in [0.2, 0.25) is 5.75 Å². The third kappa shape index (κ3) is 4.20.